The summed E-state index contributed by atoms with van der Waals surface area (Å²) < 4.78 is 26.6. The number of aryl methyl sites for hydroxylation is 1. The fourth-order valence-corrected chi connectivity index (χ4v) is 6.59. The number of nitrogens with zero attached hydrogens (tertiary/aromatic N) is 3. The fourth-order valence-electron chi connectivity index (χ4n) is 6.59. The molecule has 7 nitrogen and oxygen atoms in total. The number of ether oxygens (including phenoxy) is 2. The molecular formula is C37H38FN3O4. The first-order chi connectivity index (χ1) is 21.9. The Morgan fingerprint density at radius 1 is 1.04 bits per heavy atom. The lowest BCUT2D eigenvalue weighted by atomic mass is 9.73. The number of hydrogen-bond acceptors (Lipinski definition) is 5. The maximum atomic E-state index is 13.6. The largest absolute Gasteiger partial charge is 0.496 e. The van der Waals surface area contributed by atoms with E-state index in [1.54, 1.807) is 37.4 Å². The Kier molecular flexibility index (Phi) is 8.85. The number of rotatable bonds is 11. The van der Waals surface area contributed by atoms with Crippen molar-refractivity contribution in [2.75, 3.05) is 26.8 Å². The van der Waals surface area contributed by atoms with E-state index in [4.69, 9.17) is 9.47 Å². The van der Waals surface area contributed by atoms with E-state index in [1.807, 2.05) is 21.8 Å². The number of aromatic nitrogens is 2. The summed E-state index contributed by atoms with van der Waals surface area (Å²) in [4.78, 5) is 15.5. The van der Waals surface area contributed by atoms with E-state index in [9.17, 15) is 14.3 Å². The Hall–Kier alpha value is -4.69. The van der Waals surface area contributed by atoms with E-state index >= 15 is 0 Å². The summed E-state index contributed by atoms with van der Waals surface area (Å²) in [6, 6.07) is 26.6. The van der Waals surface area contributed by atoms with Gasteiger partial charge in [0.2, 0.25) is 5.91 Å². The van der Waals surface area contributed by atoms with Gasteiger partial charge in [0.1, 0.15) is 17.3 Å². The lowest BCUT2D eigenvalue weighted by Gasteiger charge is -2.32. The molecule has 1 aliphatic heterocycles. The highest BCUT2D eigenvalue weighted by Crippen LogP contribution is 2.41. The second kappa shape index (κ2) is 13.1. The highest BCUT2D eigenvalue weighted by atomic mass is 19.1. The van der Waals surface area contributed by atoms with Gasteiger partial charge in [-0.15, -0.1) is 0 Å². The molecular weight excluding hydrogens is 569 g/mol. The van der Waals surface area contributed by atoms with Crippen molar-refractivity contribution in [2.45, 2.75) is 44.6 Å². The maximum absolute atomic E-state index is 13.6. The van der Waals surface area contributed by atoms with E-state index in [-0.39, 0.29) is 23.7 Å². The number of benzene rings is 4. The van der Waals surface area contributed by atoms with Gasteiger partial charge in [0, 0.05) is 41.9 Å². The van der Waals surface area contributed by atoms with E-state index in [2.05, 4.69) is 48.4 Å². The van der Waals surface area contributed by atoms with Crippen molar-refractivity contribution in [1.82, 2.24) is 14.7 Å². The molecule has 2 heterocycles. The predicted molar refractivity (Wildman–Crippen MR) is 172 cm³/mol. The molecule has 45 heavy (non-hydrogen) atoms. The van der Waals surface area contributed by atoms with Gasteiger partial charge in [-0.1, -0.05) is 30.3 Å². The highest BCUT2D eigenvalue weighted by Gasteiger charge is 2.42. The van der Waals surface area contributed by atoms with Crippen molar-refractivity contribution in [3.63, 3.8) is 0 Å². The predicted octanol–water partition coefficient (Wildman–Crippen LogP) is 6.55. The van der Waals surface area contributed by atoms with Crippen molar-refractivity contribution in [2.24, 2.45) is 0 Å². The van der Waals surface area contributed by atoms with Gasteiger partial charge in [-0.3, -0.25) is 4.79 Å². The highest BCUT2D eigenvalue weighted by molar-refractivity contribution is 5.83. The number of carbonyl (C=O) groups excluding carboxylic acids is 1. The van der Waals surface area contributed by atoms with Crippen LogP contribution >= 0.6 is 0 Å². The summed E-state index contributed by atoms with van der Waals surface area (Å²) in [5.74, 6) is 1.07. The third kappa shape index (κ3) is 6.42. The number of amides is 1. The number of aliphatic hydroxyl groups excluding tert-OH is 1. The van der Waals surface area contributed by atoms with Crippen LogP contribution in [0.3, 0.4) is 0 Å². The van der Waals surface area contributed by atoms with Crippen LogP contribution in [0.4, 0.5) is 4.39 Å². The molecule has 1 saturated heterocycles. The molecule has 0 aliphatic carbocycles. The second-order valence-electron chi connectivity index (χ2n) is 11.9. The van der Waals surface area contributed by atoms with Gasteiger partial charge >= 0.3 is 0 Å². The molecule has 1 atom stereocenters. The van der Waals surface area contributed by atoms with E-state index in [0.29, 0.717) is 49.6 Å². The number of aliphatic hydroxyl groups is 1. The monoisotopic (exact) mass is 607 g/mol. The van der Waals surface area contributed by atoms with E-state index in [0.717, 1.165) is 35.0 Å². The molecule has 1 unspecified atom stereocenters. The van der Waals surface area contributed by atoms with Crippen molar-refractivity contribution in [1.29, 1.82) is 0 Å². The Morgan fingerprint density at radius 2 is 1.84 bits per heavy atom. The van der Waals surface area contributed by atoms with Crippen molar-refractivity contribution >= 4 is 16.8 Å². The zero-order valence-corrected chi connectivity index (χ0v) is 25.7. The summed E-state index contributed by atoms with van der Waals surface area (Å²) in [7, 11) is 1.56. The van der Waals surface area contributed by atoms with Crippen LogP contribution in [0.25, 0.3) is 16.6 Å². The van der Waals surface area contributed by atoms with Crippen LogP contribution in [0, 0.1) is 12.7 Å². The van der Waals surface area contributed by atoms with Gasteiger partial charge < -0.3 is 19.5 Å². The molecule has 5 aromatic rings. The van der Waals surface area contributed by atoms with Crippen molar-refractivity contribution < 1.29 is 23.8 Å². The molecule has 0 radical (unpaired) electrons. The second-order valence-corrected chi connectivity index (χ2v) is 11.9. The molecule has 0 spiro atoms. The number of fused-ring (bicyclic) bond motifs is 1. The third-order valence-electron chi connectivity index (χ3n) is 8.88. The molecule has 232 valence electrons. The summed E-state index contributed by atoms with van der Waals surface area (Å²) in [6.45, 7) is 3.77. The van der Waals surface area contributed by atoms with Crippen LogP contribution in [0.15, 0.2) is 91.1 Å². The molecule has 1 amide bonds. The minimum absolute atomic E-state index is 0.105. The molecule has 6 rings (SSSR count). The lowest BCUT2D eigenvalue weighted by Crippen LogP contribution is -2.36. The number of hydrogen-bond donors (Lipinski definition) is 1. The smallest absolute Gasteiger partial charge is 0.222 e. The average molecular weight is 608 g/mol. The van der Waals surface area contributed by atoms with Gasteiger partial charge in [0.25, 0.3) is 0 Å². The van der Waals surface area contributed by atoms with Crippen LogP contribution in [-0.4, -0.2) is 52.5 Å². The number of carbonyl (C=O) groups is 1. The number of methoxy groups -OCH3 is 1. The number of halogens is 1. The van der Waals surface area contributed by atoms with Crippen LogP contribution < -0.4 is 9.47 Å². The SMILES string of the molecule is COc1cc(OCCCC(=O)N2CCC(Cc3ccccc3)(c3cc4cnn(-c5ccc(F)cc5)c4cc3C)C2)ccc1CO. The van der Waals surface area contributed by atoms with Crippen molar-refractivity contribution in [3.05, 3.63) is 119 Å². The summed E-state index contributed by atoms with van der Waals surface area (Å²) >= 11 is 0. The fraction of sp³-hybridized carbons (Fsp3) is 0.297. The first kappa shape index (κ1) is 30.3. The molecule has 1 N–H and O–H groups in total. The summed E-state index contributed by atoms with van der Waals surface area (Å²) in [5, 5.41) is 15.1. The molecule has 8 heteroatoms. The zero-order chi connectivity index (χ0) is 31.4. The Bertz CT molecular complexity index is 1790. The standard InChI is InChI=1S/C37H38FN3O4/c1-26-19-34-29(23-39-41(34)31-13-11-30(38)12-14-31)20-33(26)37(22-27-7-4-3-5-8-27)16-17-40(25-37)36(43)9-6-18-45-32-15-10-28(24-42)35(21-32)44-2/h3-5,7-8,10-15,19-21,23,42H,6,9,16-18,22,24-25H2,1-2H3. The quantitative estimate of drug-likeness (QED) is 0.173. The topological polar surface area (TPSA) is 76.8 Å². The minimum atomic E-state index is -0.279. The first-order valence-electron chi connectivity index (χ1n) is 15.4. The van der Waals surface area contributed by atoms with E-state index < -0.39 is 0 Å². The Balaban J connectivity index is 1.19. The maximum Gasteiger partial charge on any atom is 0.222 e. The third-order valence-corrected chi connectivity index (χ3v) is 8.88. The van der Waals surface area contributed by atoms with Gasteiger partial charge in [0.05, 0.1) is 37.7 Å². The summed E-state index contributed by atoms with van der Waals surface area (Å²) in [5.41, 5.74) is 5.85. The van der Waals surface area contributed by atoms with Crippen LogP contribution in [0.2, 0.25) is 0 Å². The number of likely N-dealkylation sites (tertiary alicyclic amines) is 1. The molecule has 1 fully saturated rings. The van der Waals surface area contributed by atoms with Gasteiger partial charge in [0.15, 0.2) is 0 Å². The molecule has 0 saturated carbocycles. The normalized spacial score (nSPS) is 16.3. The van der Waals surface area contributed by atoms with Gasteiger partial charge in [-0.2, -0.15) is 5.10 Å². The van der Waals surface area contributed by atoms with Crippen LogP contribution in [0.5, 0.6) is 11.5 Å². The Morgan fingerprint density at radius 3 is 2.60 bits per heavy atom. The Labute approximate surface area is 262 Å². The van der Waals surface area contributed by atoms with Crippen LogP contribution in [-0.2, 0) is 23.2 Å². The van der Waals surface area contributed by atoms with Gasteiger partial charge in [-0.25, -0.2) is 9.07 Å². The van der Waals surface area contributed by atoms with Crippen LogP contribution in [0.1, 0.15) is 41.5 Å². The van der Waals surface area contributed by atoms with Gasteiger partial charge in [-0.05, 0) is 91.4 Å². The summed E-state index contributed by atoms with van der Waals surface area (Å²) in [6.07, 6.45) is 4.54. The average Bonchev–Trinajstić information content (AvgIpc) is 3.68. The molecule has 4 aromatic carbocycles. The zero-order valence-electron chi connectivity index (χ0n) is 25.7. The first-order valence-corrected chi connectivity index (χ1v) is 15.4. The minimum Gasteiger partial charge on any atom is -0.496 e. The molecule has 1 aromatic heterocycles. The van der Waals surface area contributed by atoms with E-state index in [1.165, 1.54) is 23.3 Å². The lowest BCUT2D eigenvalue weighted by molar-refractivity contribution is -0.130. The molecule has 0 bridgehead atoms. The molecule has 1 aliphatic rings. The van der Waals surface area contributed by atoms with Crippen molar-refractivity contribution in [3.8, 4) is 17.2 Å².